The van der Waals surface area contributed by atoms with Crippen LogP contribution in [0.1, 0.15) is 41.7 Å². The van der Waals surface area contributed by atoms with Crippen LogP contribution >= 0.6 is 11.6 Å². The largest absolute Gasteiger partial charge is 0.349 e. The van der Waals surface area contributed by atoms with Crippen LogP contribution in [0.15, 0.2) is 30.5 Å². The molecule has 1 aromatic carbocycles. The first-order chi connectivity index (χ1) is 12.5. The van der Waals surface area contributed by atoms with Crippen LogP contribution in [0.25, 0.3) is 16.7 Å². The van der Waals surface area contributed by atoms with E-state index in [0.29, 0.717) is 33.0 Å². The van der Waals surface area contributed by atoms with Crippen molar-refractivity contribution in [2.45, 2.75) is 38.6 Å². The molecule has 5 nitrogen and oxygen atoms in total. The monoisotopic (exact) mass is 372 g/mol. The smallest absolute Gasteiger partial charge is 0.254 e. The molecule has 7 heteroatoms. The lowest BCUT2D eigenvalue weighted by Crippen LogP contribution is -2.32. The van der Waals surface area contributed by atoms with Crippen LogP contribution in [-0.4, -0.2) is 26.7 Å². The maximum Gasteiger partial charge on any atom is 0.254 e. The highest BCUT2D eigenvalue weighted by Crippen LogP contribution is 2.30. The summed E-state index contributed by atoms with van der Waals surface area (Å²) in [6.45, 7) is 1.81. The molecule has 1 amide bonds. The zero-order valence-electron chi connectivity index (χ0n) is 14.3. The Bertz CT molecular complexity index is 977. The Morgan fingerprint density at radius 1 is 1.27 bits per heavy atom. The number of amides is 1. The highest BCUT2D eigenvalue weighted by molar-refractivity contribution is 6.38. The highest BCUT2D eigenvalue weighted by Gasteiger charge is 2.23. The van der Waals surface area contributed by atoms with Crippen molar-refractivity contribution in [2.24, 2.45) is 0 Å². The van der Waals surface area contributed by atoms with E-state index in [1.165, 1.54) is 18.3 Å². The number of rotatable bonds is 3. The molecular weight excluding hydrogens is 355 g/mol. The van der Waals surface area contributed by atoms with Crippen molar-refractivity contribution in [3.63, 3.8) is 0 Å². The zero-order valence-corrected chi connectivity index (χ0v) is 15.1. The highest BCUT2D eigenvalue weighted by atomic mass is 35.5. The van der Waals surface area contributed by atoms with Gasteiger partial charge in [0.05, 0.1) is 27.4 Å². The molecule has 3 aromatic rings. The van der Waals surface area contributed by atoms with Crippen LogP contribution in [0.2, 0.25) is 5.02 Å². The predicted molar refractivity (Wildman–Crippen MR) is 98.3 cm³/mol. The first-order valence-electron chi connectivity index (χ1n) is 8.65. The van der Waals surface area contributed by atoms with Crippen molar-refractivity contribution in [1.29, 1.82) is 0 Å². The van der Waals surface area contributed by atoms with Gasteiger partial charge in [-0.25, -0.2) is 14.1 Å². The summed E-state index contributed by atoms with van der Waals surface area (Å²) in [5.41, 5.74) is 2.23. The molecule has 0 atom stereocenters. The number of benzene rings is 1. The van der Waals surface area contributed by atoms with Crippen LogP contribution in [0.3, 0.4) is 0 Å². The molecule has 2 heterocycles. The summed E-state index contributed by atoms with van der Waals surface area (Å²) in [7, 11) is 0. The Labute approximate surface area is 155 Å². The van der Waals surface area contributed by atoms with Crippen molar-refractivity contribution in [1.82, 2.24) is 20.1 Å². The number of pyridine rings is 1. The fourth-order valence-electron chi connectivity index (χ4n) is 3.46. The number of carbonyl (C=O) groups is 1. The van der Waals surface area contributed by atoms with Crippen LogP contribution in [0.4, 0.5) is 4.39 Å². The minimum atomic E-state index is -0.321. The quantitative estimate of drug-likeness (QED) is 0.749. The summed E-state index contributed by atoms with van der Waals surface area (Å²) in [5, 5.41) is 8.48. The van der Waals surface area contributed by atoms with Gasteiger partial charge < -0.3 is 5.32 Å². The number of hydrogen-bond acceptors (Lipinski definition) is 3. The van der Waals surface area contributed by atoms with Crippen molar-refractivity contribution < 1.29 is 9.18 Å². The maximum absolute atomic E-state index is 13.2. The normalized spacial score (nSPS) is 14.9. The van der Waals surface area contributed by atoms with Gasteiger partial charge in [0.2, 0.25) is 0 Å². The number of hydrogen-bond donors (Lipinski definition) is 1. The van der Waals surface area contributed by atoms with Gasteiger partial charge in [-0.05, 0) is 44.0 Å². The summed E-state index contributed by atoms with van der Waals surface area (Å²) < 4.78 is 14.8. The Kier molecular flexibility index (Phi) is 4.36. The Morgan fingerprint density at radius 3 is 2.65 bits per heavy atom. The van der Waals surface area contributed by atoms with Crippen LogP contribution in [0, 0.1) is 12.7 Å². The summed E-state index contributed by atoms with van der Waals surface area (Å²) in [4.78, 5) is 17.0. The van der Waals surface area contributed by atoms with Gasteiger partial charge in [-0.15, -0.1) is 0 Å². The third-order valence-electron chi connectivity index (χ3n) is 4.81. The number of fused-ring (bicyclic) bond motifs is 1. The van der Waals surface area contributed by atoms with Gasteiger partial charge in [0.1, 0.15) is 5.82 Å². The number of aromatic nitrogens is 3. The third-order valence-corrected chi connectivity index (χ3v) is 5.21. The zero-order chi connectivity index (χ0) is 18.3. The van der Waals surface area contributed by atoms with Crippen LogP contribution in [0.5, 0.6) is 0 Å². The fourth-order valence-corrected chi connectivity index (χ4v) is 3.82. The molecule has 0 spiro atoms. The van der Waals surface area contributed by atoms with E-state index >= 15 is 0 Å². The minimum Gasteiger partial charge on any atom is -0.349 e. The van der Waals surface area contributed by atoms with E-state index in [2.05, 4.69) is 15.4 Å². The number of nitrogens with one attached hydrogen (secondary N) is 1. The second kappa shape index (κ2) is 6.68. The van der Waals surface area contributed by atoms with Crippen molar-refractivity contribution in [2.75, 3.05) is 0 Å². The SMILES string of the molecule is Cc1nn(-c2ccc(F)cc2)c2ncc(C(=O)NC3CCCC3)c(Cl)c12. The Balaban J connectivity index is 1.75. The third kappa shape index (κ3) is 2.94. The molecular formula is C19H18ClFN4O. The first-order valence-corrected chi connectivity index (χ1v) is 9.03. The van der Waals surface area contributed by atoms with Gasteiger partial charge in [0.25, 0.3) is 5.91 Å². The molecule has 1 fully saturated rings. The lowest BCUT2D eigenvalue weighted by Gasteiger charge is -2.13. The van der Waals surface area contributed by atoms with Crippen molar-refractivity contribution >= 4 is 28.5 Å². The maximum atomic E-state index is 13.2. The minimum absolute atomic E-state index is 0.203. The topological polar surface area (TPSA) is 59.8 Å². The summed E-state index contributed by atoms with van der Waals surface area (Å²) in [6, 6.07) is 6.18. The molecule has 0 bridgehead atoms. The van der Waals surface area contributed by atoms with E-state index in [-0.39, 0.29) is 17.8 Å². The van der Waals surface area contributed by atoms with E-state index in [4.69, 9.17) is 11.6 Å². The predicted octanol–water partition coefficient (Wildman–Crippen LogP) is 4.19. The standard InChI is InChI=1S/C19H18ClFN4O/c1-11-16-17(20)15(19(26)23-13-4-2-3-5-13)10-22-18(16)25(24-11)14-8-6-12(21)7-9-14/h6-10,13H,2-5H2,1H3,(H,23,26). The molecule has 26 heavy (non-hydrogen) atoms. The van der Waals surface area contributed by atoms with Crippen LogP contribution < -0.4 is 5.32 Å². The molecule has 4 rings (SSSR count). The van der Waals surface area contributed by atoms with Crippen LogP contribution in [-0.2, 0) is 0 Å². The average Bonchev–Trinajstić information content (AvgIpc) is 3.24. The molecule has 1 aliphatic rings. The summed E-state index contributed by atoms with van der Waals surface area (Å²) in [5.74, 6) is -0.524. The van der Waals surface area contributed by atoms with Gasteiger partial charge >= 0.3 is 0 Å². The molecule has 134 valence electrons. The average molecular weight is 373 g/mol. The number of halogens is 2. The van der Waals surface area contributed by atoms with Gasteiger partial charge in [0, 0.05) is 12.2 Å². The molecule has 1 N–H and O–H groups in total. The van der Waals surface area contributed by atoms with Gasteiger partial charge in [-0.3, -0.25) is 4.79 Å². The van der Waals surface area contributed by atoms with Crippen molar-refractivity contribution in [3.8, 4) is 5.69 Å². The first kappa shape index (κ1) is 17.0. The van der Waals surface area contributed by atoms with E-state index in [1.807, 2.05) is 6.92 Å². The number of aryl methyl sites for hydroxylation is 1. The van der Waals surface area contributed by atoms with Gasteiger partial charge in [-0.2, -0.15) is 5.10 Å². The lowest BCUT2D eigenvalue weighted by atomic mass is 10.1. The van der Waals surface area contributed by atoms with E-state index in [1.54, 1.807) is 16.8 Å². The van der Waals surface area contributed by atoms with Gasteiger partial charge in [-0.1, -0.05) is 24.4 Å². The summed E-state index contributed by atoms with van der Waals surface area (Å²) >= 11 is 6.54. The lowest BCUT2D eigenvalue weighted by molar-refractivity contribution is 0.0938. The Hall–Kier alpha value is -2.47. The molecule has 1 saturated carbocycles. The van der Waals surface area contributed by atoms with E-state index in [9.17, 15) is 9.18 Å². The van der Waals surface area contributed by atoms with E-state index < -0.39 is 0 Å². The molecule has 0 aliphatic heterocycles. The molecule has 2 aromatic heterocycles. The number of nitrogens with zero attached hydrogens (tertiary/aromatic N) is 3. The molecule has 0 unspecified atom stereocenters. The van der Waals surface area contributed by atoms with Crippen molar-refractivity contribution in [3.05, 3.63) is 52.6 Å². The second-order valence-corrected chi connectivity index (χ2v) is 6.99. The molecule has 0 radical (unpaired) electrons. The molecule has 1 aliphatic carbocycles. The van der Waals surface area contributed by atoms with E-state index in [0.717, 1.165) is 25.7 Å². The summed E-state index contributed by atoms with van der Waals surface area (Å²) in [6.07, 6.45) is 5.76. The Morgan fingerprint density at radius 2 is 1.96 bits per heavy atom. The second-order valence-electron chi connectivity index (χ2n) is 6.61. The van der Waals surface area contributed by atoms with Gasteiger partial charge in [0.15, 0.2) is 5.65 Å². The number of carbonyl (C=O) groups excluding carboxylic acids is 1. The molecule has 0 saturated heterocycles. The fraction of sp³-hybridized carbons (Fsp3) is 0.316.